The predicted molar refractivity (Wildman–Crippen MR) is 97.6 cm³/mol. The van der Waals surface area contributed by atoms with Crippen molar-refractivity contribution in [3.8, 4) is 0 Å². The third-order valence-electron chi connectivity index (χ3n) is 3.94. The Kier molecular flexibility index (Phi) is 4.46. The summed E-state index contributed by atoms with van der Waals surface area (Å²) in [5, 5.41) is 13.4. The second kappa shape index (κ2) is 6.57. The molecular formula is C19H21N3O3. The van der Waals surface area contributed by atoms with Gasteiger partial charge in [-0.2, -0.15) is 4.98 Å². The number of carbonyl (C=O) groups is 1. The van der Waals surface area contributed by atoms with Gasteiger partial charge in [0, 0.05) is 19.8 Å². The van der Waals surface area contributed by atoms with Gasteiger partial charge in [-0.1, -0.05) is 30.3 Å². The maximum atomic E-state index is 12.3. The number of oxazole rings is 1. The number of rotatable bonds is 5. The molecule has 0 radical (unpaired) electrons. The van der Waals surface area contributed by atoms with Crippen molar-refractivity contribution in [2.45, 2.75) is 18.9 Å². The molecule has 1 atom stereocenters. The minimum atomic E-state index is -1.23. The number of aromatic nitrogens is 1. The number of aliphatic hydroxyl groups is 1. The highest BCUT2D eigenvalue weighted by atomic mass is 16.4. The molecule has 0 bridgehead atoms. The first-order valence-electron chi connectivity index (χ1n) is 8.01. The topological polar surface area (TPSA) is 78.6 Å². The molecule has 0 aliphatic carbocycles. The second-order valence-electron chi connectivity index (χ2n) is 6.44. The molecule has 1 amide bonds. The zero-order chi connectivity index (χ0) is 18.0. The van der Waals surface area contributed by atoms with Crippen molar-refractivity contribution < 1.29 is 14.3 Å². The molecule has 1 aromatic heterocycles. The Morgan fingerprint density at radius 2 is 1.96 bits per heavy atom. The SMILES string of the molecule is CN(C)c1nc2cc(NC(=O)CC(C)(O)c3ccccc3)ccc2o1. The van der Waals surface area contributed by atoms with Gasteiger partial charge in [-0.05, 0) is 30.7 Å². The highest BCUT2D eigenvalue weighted by molar-refractivity contribution is 5.93. The number of anilines is 2. The van der Waals surface area contributed by atoms with Gasteiger partial charge in [-0.25, -0.2) is 0 Å². The van der Waals surface area contributed by atoms with Crippen LogP contribution >= 0.6 is 0 Å². The summed E-state index contributed by atoms with van der Waals surface area (Å²) in [7, 11) is 3.69. The average molecular weight is 339 g/mol. The standard InChI is InChI=1S/C19H21N3O3/c1-19(24,13-7-5-4-6-8-13)12-17(23)20-14-9-10-16-15(11-14)21-18(25-16)22(2)3/h4-11,24H,12H2,1-3H3,(H,20,23). The van der Waals surface area contributed by atoms with Crippen molar-refractivity contribution in [3.05, 3.63) is 54.1 Å². The van der Waals surface area contributed by atoms with Crippen molar-refractivity contribution >= 4 is 28.7 Å². The maximum absolute atomic E-state index is 12.3. The largest absolute Gasteiger partial charge is 0.423 e. The van der Waals surface area contributed by atoms with Crippen LogP contribution in [0.3, 0.4) is 0 Å². The Hall–Kier alpha value is -2.86. The fraction of sp³-hybridized carbons (Fsp3) is 0.263. The van der Waals surface area contributed by atoms with Gasteiger partial charge in [-0.3, -0.25) is 4.79 Å². The molecule has 6 nitrogen and oxygen atoms in total. The third kappa shape index (κ3) is 3.80. The van der Waals surface area contributed by atoms with Gasteiger partial charge in [0.25, 0.3) is 6.01 Å². The molecule has 0 spiro atoms. The number of carbonyl (C=O) groups excluding carboxylic acids is 1. The van der Waals surface area contributed by atoms with Crippen molar-refractivity contribution in [1.29, 1.82) is 0 Å². The van der Waals surface area contributed by atoms with Crippen LogP contribution in [0.5, 0.6) is 0 Å². The van der Waals surface area contributed by atoms with Crippen molar-refractivity contribution in [3.63, 3.8) is 0 Å². The minimum Gasteiger partial charge on any atom is -0.423 e. The third-order valence-corrected chi connectivity index (χ3v) is 3.94. The summed E-state index contributed by atoms with van der Waals surface area (Å²) in [5.74, 6) is -0.274. The van der Waals surface area contributed by atoms with Gasteiger partial charge in [0.05, 0.1) is 12.0 Å². The Labute approximate surface area is 146 Å². The van der Waals surface area contributed by atoms with Crippen LogP contribution in [-0.4, -0.2) is 30.1 Å². The smallest absolute Gasteiger partial charge is 0.297 e. The van der Waals surface area contributed by atoms with E-state index in [1.165, 1.54) is 0 Å². The quantitative estimate of drug-likeness (QED) is 0.747. The number of hydrogen-bond acceptors (Lipinski definition) is 5. The lowest BCUT2D eigenvalue weighted by Crippen LogP contribution is -2.28. The summed E-state index contributed by atoms with van der Waals surface area (Å²) < 4.78 is 5.59. The zero-order valence-electron chi connectivity index (χ0n) is 14.5. The summed E-state index contributed by atoms with van der Waals surface area (Å²) in [6.45, 7) is 1.63. The summed E-state index contributed by atoms with van der Waals surface area (Å²) in [4.78, 5) is 18.5. The molecule has 130 valence electrons. The van der Waals surface area contributed by atoms with E-state index < -0.39 is 5.60 Å². The zero-order valence-corrected chi connectivity index (χ0v) is 14.5. The Bertz CT molecular complexity index is 885. The molecule has 0 saturated heterocycles. The number of fused-ring (bicyclic) bond motifs is 1. The van der Waals surface area contributed by atoms with Gasteiger partial charge in [0.15, 0.2) is 5.58 Å². The molecular weight excluding hydrogens is 318 g/mol. The molecule has 2 N–H and O–H groups in total. The molecule has 2 aromatic carbocycles. The lowest BCUT2D eigenvalue weighted by atomic mass is 9.92. The highest BCUT2D eigenvalue weighted by Crippen LogP contribution is 2.26. The lowest BCUT2D eigenvalue weighted by Gasteiger charge is -2.23. The fourth-order valence-electron chi connectivity index (χ4n) is 2.60. The number of nitrogens with zero attached hydrogens (tertiary/aromatic N) is 2. The van der Waals surface area contributed by atoms with E-state index in [0.29, 0.717) is 28.4 Å². The number of amides is 1. The summed E-state index contributed by atoms with van der Waals surface area (Å²) in [5.41, 5.74) is 1.39. The van der Waals surface area contributed by atoms with Crippen molar-refractivity contribution in [2.24, 2.45) is 0 Å². The van der Waals surface area contributed by atoms with Gasteiger partial charge < -0.3 is 19.7 Å². The van der Waals surface area contributed by atoms with E-state index in [9.17, 15) is 9.90 Å². The molecule has 25 heavy (non-hydrogen) atoms. The van der Waals surface area contributed by atoms with E-state index in [2.05, 4.69) is 10.3 Å². The summed E-state index contributed by atoms with van der Waals surface area (Å²) in [6, 6.07) is 14.9. The molecule has 3 rings (SSSR count). The maximum Gasteiger partial charge on any atom is 0.297 e. The molecule has 1 heterocycles. The predicted octanol–water partition coefficient (Wildman–Crippen LogP) is 3.13. The molecule has 6 heteroatoms. The van der Waals surface area contributed by atoms with Crippen molar-refractivity contribution in [1.82, 2.24) is 4.98 Å². The summed E-state index contributed by atoms with van der Waals surface area (Å²) >= 11 is 0. The number of nitrogens with one attached hydrogen (secondary N) is 1. The molecule has 3 aromatic rings. The van der Waals surface area contributed by atoms with E-state index in [1.807, 2.05) is 32.3 Å². The molecule has 1 unspecified atom stereocenters. The van der Waals surface area contributed by atoms with E-state index in [0.717, 1.165) is 0 Å². The van der Waals surface area contributed by atoms with Crippen LogP contribution in [0.25, 0.3) is 11.1 Å². The van der Waals surface area contributed by atoms with E-state index in [-0.39, 0.29) is 12.3 Å². The van der Waals surface area contributed by atoms with Crippen LogP contribution in [0.4, 0.5) is 11.7 Å². The van der Waals surface area contributed by atoms with E-state index in [4.69, 9.17) is 4.42 Å². The first-order valence-corrected chi connectivity index (χ1v) is 8.01. The van der Waals surface area contributed by atoms with Crippen LogP contribution in [0.2, 0.25) is 0 Å². The van der Waals surface area contributed by atoms with Crippen LogP contribution < -0.4 is 10.2 Å². The summed E-state index contributed by atoms with van der Waals surface area (Å²) in [6.07, 6.45) is -0.0448. The van der Waals surface area contributed by atoms with Gasteiger partial charge >= 0.3 is 0 Å². The molecule has 0 fully saturated rings. The Balaban J connectivity index is 1.73. The molecule has 0 saturated carbocycles. The first-order chi connectivity index (χ1) is 11.8. The van der Waals surface area contributed by atoms with Crippen LogP contribution in [0.15, 0.2) is 52.9 Å². The Morgan fingerprint density at radius 3 is 2.64 bits per heavy atom. The van der Waals surface area contributed by atoms with Crippen molar-refractivity contribution in [2.75, 3.05) is 24.3 Å². The number of hydrogen-bond donors (Lipinski definition) is 2. The Morgan fingerprint density at radius 1 is 1.24 bits per heavy atom. The lowest BCUT2D eigenvalue weighted by molar-refractivity contribution is -0.120. The monoisotopic (exact) mass is 339 g/mol. The van der Waals surface area contributed by atoms with Gasteiger partial charge in [-0.15, -0.1) is 0 Å². The normalized spacial score (nSPS) is 13.4. The first kappa shape index (κ1) is 17.0. The molecule has 0 aliphatic heterocycles. The average Bonchev–Trinajstić information content (AvgIpc) is 2.98. The molecule has 0 aliphatic rings. The second-order valence-corrected chi connectivity index (χ2v) is 6.44. The van der Waals surface area contributed by atoms with Crippen LogP contribution in [-0.2, 0) is 10.4 Å². The number of benzene rings is 2. The highest BCUT2D eigenvalue weighted by Gasteiger charge is 2.26. The van der Waals surface area contributed by atoms with Crippen LogP contribution in [0, 0.1) is 0 Å². The van der Waals surface area contributed by atoms with Gasteiger partial charge in [0.2, 0.25) is 5.91 Å². The van der Waals surface area contributed by atoms with Crippen LogP contribution in [0.1, 0.15) is 18.9 Å². The van der Waals surface area contributed by atoms with Gasteiger partial charge in [0.1, 0.15) is 5.52 Å². The fourth-order valence-corrected chi connectivity index (χ4v) is 2.60. The van der Waals surface area contributed by atoms with E-state index in [1.54, 1.807) is 42.2 Å². The minimum absolute atomic E-state index is 0.0448. The van der Waals surface area contributed by atoms with E-state index >= 15 is 0 Å².